The Morgan fingerprint density at radius 2 is 1.28 bits per heavy atom. The van der Waals surface area contributed by atoms with Crippen LogP contribution in [-0.4, -0.2) is 30.9 Å². The summed E-state index contributed by atoms with van der Waals surface area (Å²) >= 11 is 3.82. The van der Waals surface area contributed by atoms with Crippen LogP contribution in [0, 0.1) is 0 Å². The molecule has 12 heteroatoms. The molecule has 1 saturated carbocycles. The van der Waals surface area contributed by atoms with Crippen molar-refractivity contribution in [1.29, 1.82) is 0 Å². The van der Waals surface area contributed by atoms with Crippen LogP contribution in [0.2, 0.25) is 0 Å². The zero-order valence-corrected chi connectivity index (χ0v) is 13.5. The first-order chi connectivity index (χ1) is 11.1. The predicted molar refractivity (Wildman–Crippen MR) is 71.9 cm³/mol. The molecule has 142 valence electrons. The minimum Gasteiger partial charge on any atom is -0.221 e. The van der Waals surface area contributed by atoms with E-state index in [0.29, 0.717) is 0 Å². The van der Waals surface area contributed by atoms with Crippen LogP contribution < -0.4 is 0 Å². The van der Waals surface area contributed by atoms with Gasteiger partial charge in [0.15, 0.2) is 0 Å². The molecule has 0 spiro atoms. The molecule has 0 aliphatic heterocycles. The highest BCUT2D eigenvalue weighted by atomic mass is 35.5. The zero-order valence-electron chi connectivity index (χ0n) is 11.9. The minimum absolute atomic E-state index is 0.327. The van der Waals surface area contributed by atoms with Gasteiger partial charge in [-0.3, -0.25) is 0 Å². The fourth-order valence-electron chi connectivity index (χ4n) is 2.34. The van der Waals surface area contributed by atoms with Gasteiger partial charge in [-0.2, -0.15) is 35.1 Å². The van der Waals surface area contributed by atoms with Gasteiger partial charge in [0, 0.05) is 0 Å². The molecule has 1 aliphatic rings. The van der Waals surface area contributed by atoms with Crippen LogP contribution in [0.3, 0.4) is 0 Å². The summed E-state index contributed by atoms with van der Waals surface area (Å²) in [6.45, 7) is 0. The summed E-state index contributed by atoms with van der Waals surface area (Å²) in [4.78, 5) is 0. The predicted octanol–water partition coefficient (Wildman–Crippen LogP) is 4.79. The van der Waals surface area contributed by atoms with Crippen LogP contribution in [0.4, 0.5) is 35.1 Å². The molecule has 0 unspecified atom stereocenters. The van der Waals surface area contributed by atoms with Gasteiger partial charge in [0.25, 0.3) is 0 Å². The van der Waals surface area contributed by atoms with Crippen LogP contribution in [0.15, 0.2) is 30.3 Å². The average Bonchev–Trinajstić information content (AvgIpc) is 3.28. The van der Waals surface area contributed by atoms with Gasteiger partial charge in [-0.1, -0.05) is 30.3 Å². The third-order valence-electron chi connectivity index (χ3n) is 3.97. The molecule has 0 N–H and O–H groups in total. The topological polar surface area (TPSA) is 34.1 Å². The van der Waals surface area contributed by atoms with Crippen LogP contribution in [-0.2, 0) is 14.6 Å². The molecule has 0 saturated heterocycles. The van der Waals surface area contributed by atoms with E-state index in [2.05, 4.69) is 11.6 Å². The molecule has 25 heavy (non-hydrogen) atoms. The van der Waals surface area contributed by atoms with E-state index in [0.717, 1.165) is 12.1 Å². The molecule has 1 fully saturated rings. The maximum atomic E-state index is 14.0. The normalized spacial score (nSPS) is 18.9. The molecule has 1 aromatic carbocycles. The van der Waals surface area contributed by atoms with Crippen molar-refractivity contribution in [2.75, 3.05) is 0 Å². The SMILES string of the molecule is O=S(=O)(C1(c2ccccc2)CC1)C(F)(F)C(F)(F)C(F)(F)C(F)(F)Cl. The van der Waals surface area contributed by atoms with Gasteiger partial charge in [0.1, 0.15) is 4.75 Å². The maximum absolute atomic E-state index is 14.0. The van der Waals surface area contributed by atoms with Crippen molar-refractivity contribution in [2.45, 2.75) is 40.1 Å². The highest BCUT2D eigenvalue weighted by Gasteiger charge is 2.86. The Hall–Kier alpha value is -1.10. The summed E-state index contributed by atoms with van der Waals surface area (Å²) in [5.41, 5.74) is -0.327. The van der Waals surface area contributed by atoms with Crippen molar-refractivity contribution in [2.24, 2.45) is 0 Å². The van der Waals surface area contributed by atoms with Gasteiger partial charge < -0.3 is 0 Å². The van der Waals surface area contributed by atoms with E-state index in [1.165, 1.54) is 18.2 Å². The molecule has 0 radical (unpaired) electrons. The van der Waals surface area contributed by atoms with E-state index in [4.69, 9.17) is 0 Å². The molecule has 1 aliphatic carbocycles. The van der Waals surface area contributed by atoms with E-state index < -0.39 is 49.9 Å². The Morgan fingerprint density at radius 1 is 0.840 bits per heavy atom. The highest BCUT2D eigenvalue weighted by molar-refractivity contribution is 7.93. The lowest BCUT2D eigenvalue weighted by atomic mass is 10.1. The largest absolute Gasteiger partial charge is 0.414 e. The molecule has 0 bridgehead atoms. The molecule has 0 amide bonds. The van der Waals surface area contributed by atoms with E-state index in [1.54, 1.807) is 0 Å². The standard InChI is InChI=1S/C13H9ClF8O2S/c14-12(19,20)10(15,16)11(17,18)13(21,22)25(23,24)9(6-7-9)8-4-2-1-3-5-8/h1-5H,6-7H2. The van der Waals surface area contributed by atoms with Gasteiger partial charge >= 0.3 is 22.5 Å². The fraction of sp³-hybridized carbons (Fsp3) is 0.538. The van der Waals surface area contributed by atoms with E-state index in [9.17, 15) is 43.5 Å². The number of alkyl halides is 9. The summed E-state index contributed by atoms with van der Waals surface area (Å²) in [7, 11) is -6.34. The summed E-state index contributed by atoms with van der Waals surface area (Å²) in [6.07, 6.45) is -1.10. The third-order valence-corrected chi connectivity index (χ3v) is 6.81. The molecule has 1 aromatic rings. The van der Waals surface area contributed by atoms with E-state index in [1.807, 2.05) is 0 Å². The second kappa shape index (κ2) is 5.45. The smallest absolute Gasteiger partial charge is 0.221 e. The Bertz CT molecular complexity index is 754. The lowest BCUT2D eigenvalue weighted by molar-refractivity contribution is -0.326. The van der Waals surface area contributed by atoms with Crippen molar-refractivity contribution in [1.82, 2.24) is 0 Å². The maximum Gasteiger partial charge on any atom is 0.414 e. The first-order valence-corrected chi connectivity index (χ1v) is 8.42. The van der Waals surface area contributed by atoms with Crippen molar-refractivity contribution in [3.8, 4) is 0 Å². The third kappa shape index (κ3) is 2.53. The number of benzene rings is 1. The number of sulfone groups is 1. The lowest BCUT2D eigenvalue weighted by Gasteiger charge is -2.35. The van der Waals surface area contributed by atoms with Gasteiger partial charge in [-0.25, -0.2) is 8.42 Å². The number of rotatable bonds is 6. The van der Waals surface area contributed by atoms with E-state index in [-0.39, 0.29) is 5.56 Å². The molecule has 2 rings (SSSR count). The minimum atomic E-state index is -6.95. The number of halogens is 9. The monoisotopic (exact) mass is 416 g/mol. The van der Waals surface area contributed by atoms with Crippen molar-refractivity contribution < 1.29 is 43.5 Å². The van der Waals surface area contributed by atoms with Gasteiger partial charge in [0.05, 0.1) is 0 Å². The first-order valence-electron chi connectivity index (χ1n) is 6.56. The number of hydrogen-bond donors (Lipinski definition) is 0. The Kier molecular flexibility index (Phi) is 4.41. The summed E-state index contributed by atoms with van der Waals surface area (Å²) < 4.78 is 128. The number of hydrogen-bond acceptors (Lipinski definition) is 2. The van der Waals surface area contributed by atoms with E-state index >= 15 is 0 Å². The summed E-state index contributed by atoms with van der Waals surface area (Å²) in [5.74, 6) is -13.8. The van der Waals surface area contributed by atoms with Gasteiger partial charge in [-0.15, -0.1) is 0 Å². The molecule has 0 atom stereocenters. The molecule has 2 nitrogen and oxygen atoms in total. The van der Waals surface area contributed by atoms with Crippen LogP contribution in [0.5, 0.6) is 0 Å². The van der Waals surface area contributed by atoms with Crippen LogP contribution >= 0.6 is 11.6 Å². The second-order valence-electron chi connectivity index (χ2n) is 5.53. The van der Waals surface area contributed by atoms with Gasteiger partial charge in [0.2, 0.25) is 9.84 Å². The molecular formula is C13H9ClF8O2S. The lowest BCUT2D eigenvalue weighted by Crippen LogP contribution is -2.64. The molecule has 0 heterocycles. The molecular weight excluding hydrogens is 408 g/mol. The van der Waals surface area contributed by atoms with Crippen molar-refractivity contribution in [3.05, 3.63) is 35.9 Å². The summed E-state index contributed by atoms with van der Waals surface area (Å²) in [5, 5.41) is -12.6. The quantitative estimate of drug-likeness (QED) is 0.494. The Morgan fingerprint density at radius 3 is 1.64 bits per heavy atom. The Balaban J connectivity index is 2.59. The second-order valence-corrected chi connectivity index (χ2v) is 8.30. The van der Waals surface area contributed by atoms with Crippen molar-refractivity contribution in [3.63, 3.8) is 0 Å². The zero-order chi connectivity index (χ0) is 19.5. The average molecular weight is 417 g/mol. The highest BCUT2D eigenvalue weighted by Crippen LogP contribution is 2.63. The fourth-order valence-corrected chi connectivity index (χ4v) is 4.50. The summed E-state index contributed by atoms with van der Waals surface area (Å²) in [6, 6.07) is 5.90. The van der Waals surface area contributed by atoms with Crippen LogP contribution in [0.25, 0.3) is 0 Å². The first kappa shape index (κ1) is 20.2. The van der Waals surface area contributed by atoms with Crippen molar-refractivity contribution >= 4 is 21.4 Å². The van der Waals surface area contributed by atoms with Crippen LogP contribution in [0.1, 0.15) is 18.4 Å². The Labute approximate surface area is 141 Å². The van der Waals surface area contributed by atoms with Gasteiger partial charge in [-0.05, 0) is 30.0 Å². The molecule has 0 aromatic heterocycles.